The van der Waals surface area contributed by atoms with Gasteiger partial charge in [0.2, 0.25) is 0 Å². The second-order valence-corrected chi connectivity index (χ2v) is 2.09. The number of H-pyrrole nitrogens is 1. The predicted octanol–water partition coefficient (Wildman–Crippen LogP) is -1.29. The van der Waals surface area contributed by atoms with Crippen LogP contribution in [0.2, 0.25) is 0 Å². The zero-order valence-corrected chi connectivity index (χ0v) is 6.13. The van der Waals surface area contributed by atoms with Gasteiger partial charge in [-0.3, -0.25) is 14.3 Å². The van der Waals surface area contributed by atoms with Crippen LogP contribution in [0.25, 0.3) is 0 Å². The van der Waals surface area contributed by atoms with Crippen molar-refractivity contribution in [3.05, 3.63) is 33.1 Å². The summed E-state index contributed by atoms with van der Waals surface area (Å²) in [5, 5.41) is 2.79. The average molecular weight is 155 g/mol. The number of hydrogen-bond acceptors (Lipinski definition) is 3. The Labute approximate surface area is 62.7 Å². The van der Waals surface area contributed by atoms with E-state index in [-0.39, 0.29) is 5.56 Å². The fourth-order valence-electron chi connectivity index (χ4n) is 0.739. The van der Waals surface area contributed by atoms with Gasteiger partial charge in [0.1, 0.15) is 0 Å². The third-order valence-corrected chi connectivity index (χ3v) is 1.23. The maximum atomic E-state index is 10.9. The molecule has 5 heteroatoms. The highest BCUT2D eigenvalue weighted by molar-refractivity contribution is 4.81. The van der Waals surface area contributed by atoms with Crippen molar-refractivity contribution in [2.75, 3.05) is 7.05 Å². The van der Waals surface area contributed by atoms with Crippen LogP contribution in [0.4, 0.5) is 0 Å². The molecule has 0 saturated heterocycles. The van der Waals surface area contributed by atoms with Gasteiger partial charge >= 0.3 is 5.69 Å². The van der Waals surface area contributed by atoms with E-state index >= 15 is 0 Å². The van der Waals surface area contributed by atoms with E-state index in [0.717, 1.165) is 0 Å². The molecule has 0 aliphatic carbocycles. The van der Waals surface area contributed by atoms with Gasteiger partial charge in [0, 0.05) is 12.3 Å². The number of nitrogens with zero attached hydrogens (tertiary/aromatic N) is 1. The Morgan fingerprint density at radius 2 is 2.36 bits per heavy atom. The summed E-state index contributed by atoms with van der Waals surface area (Å²) in [5.41, 5.74) is -0.769. The van der Waals surface area contributed by atoms with E-state index in [2.05, 4.69) is 10.3 Å². The molecule has 0 radical (unpaired) electrons. The molecule has 0 atom stereocenters. The van der Waals surface area contributed by atoms with E-state index in [1.54, 1.807) is 7.05 Å². The quantitative estimate of drug-likeness (QED) is 0.558. The van der Waals surface area contributed by atoms with Crippen LogP contribution in [0.5, 0.6) is 0 Å². The van der Waals surface area contributed by atoms with Crippen LogP contribution in [0.15, 0.2) is 21.9 Å². The fourth-order valence-corrected chi connectivity index (χ4v) is 0.739. The van der Waals surface area contributed by atoms with Crippen LogP contribution in [0.3, 0.4) is 0 Å². The van der Waals surface area contributed by atoms with Crippen LogP contribution < -0.4 is 16.6 Å². The van der Waals surface area contributed by atoms with Crippen molar-refractivity contribution >= 4 is 0 Å². The van der Waals surface area contributed by atoms with E-state index in [0.29, 0.717) is 6.67 Å². The molecule has 0 aliphatic heterocycles. The first-order valence-electron chi connectivity index (χ1n) is 3.18. The third-order valence-electron chi connectivity index (χ3n) is 1.23. The molecule has 1 aromatic rings. The lowest BCUT2D eigenvalue weighted by Crippen LogP contribution is -2.31. The van der Waals surface area contributed by atoms with Crippen LogP contribution in [-0.2, 0) is 6.67 Å². The smallest absolute Gasteiger partial charge is 0.303 e. The number of rotatable bonds is 2. The van der Waals surface area contributed by atoms with Gasteiger partial charge in [0.25, 0.3) is 5.56 Å². The Bertz CT molecular complexity index is 338. The lowest BCUT2D eigenvalue weighted by Gasteiger charge is -2.00. The van der Waals surface area contributed by atoms with Crippen LogP contribution in [0, 0.1) is 0 Å². The van der Waals surface area contributed by atoms with Crippen molar-refractivity contribution in [1.29, 1.82) is 0 Å². The molecule has 11 heavy (non-hydrogen) atoms. The number of aromatic nitrogens is 2. The molecule has 2 N–H and O–H groups in total. The Kier molecular flexibility index (Phi) is 2.22. The molecule has 0 spiro atoms. The lowest BCUT2D eigenvalue weighted by atomic mass is 10.6. The predicted molar refractivity (Wildman–Crippen MR) is 40.4 cm³/mol. The molecule has 0 amide bonds. The number of aromatic amines is 1. The Morgan fingerprint density at radius 1 is 1.64 bits per heavy atom. The van der Waals surface area contributed by atoms with Crippen molar-refractivity contribution in [1.82, 2.24) is 14.9 Å². The van der Waals surface area contributed by atoms with E-state index in [1.165, 1.54) is 16.8 Å². The molecule has 1 heterocycles. The molecule has 0 aliphatic rings. The second-order valence-electron chi connectivity index (χ2n) is 2.09. The van der Waals surface area contributed by atoms with Crippen LogP contribution >= 0.6 is 0 Å². The highest BCUT2D eigenvalue weighted by Gasteiger charge is 1.91. The summed E-state index contributed by atoms with van der Waals surface area (Å²) in [6.07, 6.45) is 1.44. The topological polar surface area (TPSA) is 66.9 Å². The van der Waals surface area contributed by atoms with E-state index < -0.39 is 5.69 Å². The largest absolute Gasteiger partial charge is 0.329 e. The first-order chi connectivity index (χ1) is 5.24. The molecule has 1 rings (SSSR count). The van der Waals surface area contributed by atoms with Crippen molar-refractivity contribution < 1.29 is 0 Å². The molecule has 0 bridgehead atoms. The summed E-state index contributed by atoms with van der Waals surface area (Å²) in [4.78, 5) is 23.6. The van der Waals surface area contributed by atoms with Crippen molar-refractivity contribution in [2.24, 2.45) is 0 Å². The minimum Gasteiger partial charge on any atom is -0.303 e. The van der Waals surface area contributed by atoms with Gasteiger partial charge in [-0.2, -0.15) is 0 Å². The first kappa shape index (κ1) is 7.74. The van der Waals surface area contributed by atoms with Crippen molar-refractivity contribution in [3.8, 4) is 0 Å². The standard InChI is InChI=1S/C6H9N3O2/c1-7-4-9-3-2-5(10)8-6(9)11/h2-3,7H,4H2,1H3,(H,8,10,11). The molecule has 5 nitrogen and oxygen atoms in total. The summed E-state index contributed by atoms with van der Waals surface area (Å²) in [5.74, 6) is 0. The highest BCUT2D eigenvalue weighted by Crippen LogP contribution is 1.69. The van der Waals surface area contributed by atoms with Gasteiger partial charge < -0.3 is 5.32 Å². The Morgan fingerprint density at radius 3 is 2.91 bits per heavy atom. The first-order valence-corrected chi connectivity index (χ1v) is 3.18. The average Bonchev–Trinajstić information content (AvgIpc) is 1.95. The Balaban J connectivity index is 3.10. The molecule has 60 valence electrons. The third kappa shape index (κ3) is 1.78. The van der Waals surface area contributed by atoms with E-state index in [1.807, 2.05) is 0 Å². The van der Waals surface area contributed by atoms with Gasteiger partial charge in [-0.1, -0.05) is 0 Å². The maximum absolute atomic E-state index is 10.9. The van der Waals surface area contributed by atoms with Crippen LogP contribution in [0.1, 0.15) is 0 Å². The Hall–Kier alpha value is -1.36. The molecule has 0 aromatic carbocycles. The zero-order chi connectivity index (χ0) is 8.27. The highest BCUT2D eigenvalue weighted by atomic mass is 16.2. The van der Waals surface area contributed by atoms with Gasteiger partial charge in [-0.05, 0) is 7.05 Å². The summed E-state index contributed by atoms with van der Waals surface area (Å²) < 4.78 is 1.36. The maximum Gasteiger partial charge on any atom is 0.329 e. The van der Waals surface area contributed by atoms with E-state index in [4.69, 9.17) is 0 Å². The zero-order valence-electron chi connectivity index (χ0n) is 6.13. The summed E-state index contributed by atoms with van der Waals surface area (Å²) in [6, 6.07) is 1.30. The summed E-state index contributed by atoms with van der Waals surface area (Å²) in [7, 11) is 1.72. The monoisotopic (exact) mass is 155 g/mol. The SMILES string of the molecule is CNCn1ccc(=O)[nH]c1=O. The molecular formula is C6H9N3O2. The van der Waals surface area contributed by atoms with Crippen molar-refractivity contribution in [3.63, 3.8) is 0 Å². The normalized spacial score (nSPS) is 9.91. The summed E-state index contributed by atoms with van der Waals surface area (Å²) in [6.45, 7) is 0.398. The molecule has 0 saturated carbocycles. The minimum absolute atomic E-state index is 0.373. The molecule has 0 fully saturated rings. The second kappa shape index (κ2) is 3.16. The number of hydrogen-bond donors (Lipinski definition) is 2. The minimum atomic E-state index is -0.396. The lowest BCUT2D eigenvalue weighted by molar-refractivity contribution is 0.582. The van der Waals surface area contributed by atoms with E-state index in [9.17, 15) is 9.59 Å². The van der Waals surface area contributed by atoms with Gasteiger partial charge in [0.05, 0.1) is 6.67 Å². The van der Waals surface area contributed by atoms with Crippen molar-refractivity contribution in [2.45, 2.75) is 6.67 Å². The summed E-state index contributed by atoms with van der Waals surface area (Å²) >= 11 is 0. The van der Waals surface area contributed by atoms with Gasteiger partial charge in [-0.15, -0.1) is 0 Å². The molecule has 1 aromatic heterocycles. The van der Waals surface area contributed by atoms with Gasteiger partial charge in [-0.25, -0.2) is 4.79 Å². The fraction of sp³-hybridized carbons (Fsp3) is 0.333. The van der Waals surface area contributed by atoms with Crippen LogP contribution in [-0.4, -0.2) is 16.6 Å². The number of nitrogens with one attached hydrogen (secondary N) is 2. The van der Waals surface area contributed by atoms with Gasteiger partial charge in [0.15, 0.2) is 0 Å². The molecule has 0 unspecified atom stereocenters. The molecular weight excluding hydrogens is 146 g/mol.